The second-order valence-electron chi connectivity index (χ2n) is 3.68. The smallest absolute Gasteiger partial charge is 0.308 e. The zero-order valence-electron chi connectivity index (χ0n) is 8.35. The molecule has 1 fully saturated rings. The number of likely N-dealkylation sites (tertiary alicyclic amines) is 1. The topological polar surface area (TPSA) is 57.6 Å². The van der Waals surface area contributed by atoms with E-state index < -0.39 is 11.9 Å². The van der Waals surface area contributed by atoms with Crippen molar-refractivity contribution in [2.45, 2.75) is 6.42 Å². The van der Waals surface area contributed by atoms with Crippen LogP contribution < -0.4 is 0 Å². The van der Waals surface area contributed by atoms with Crippen LogP contribution in [-0.4, -0.2) is 35.0 Å². The van der Waals surface area contributed by atoms with E-state index in [1.807, 2.05) is 6.07 Å². The summed E-state index contributed by atoms with van der Waals surface area (Å²) in [6.45, 7) is 0.856. The predicted octanol–water partition coefficient (Wildman–Crippen LogP) is 2.06. The molecule has 1 aliphatic heterocycles. The van der Waals surface area contributed by atoms with Crippen molar-refractivity contribution in [2.24, 2.45) is 5.92 Å². The third-order valence-corrected chi connectivity index (χ3v) is 4.22. The minimum Gasteiger partial charge on any atom is -0.481 e. The van der Waals surface area contributed by atoms with Gasteiger partial charge in [0.05, 0.1) is 14.6 Å². The van der Waals surface area contributed by atoms with E-state index in [0.29, 0.717) is 24.4 Å². The van der Waals surface area contributed by atoms with Gasteiger partial charge in [-0.2, -0.15) is 0 Å². The number of thiophene rings is 1. The van der Waals surface area contributed by atoms with Gasteiger partial charge in [-0.15, -0.1) is 11.3 Å². The van der Waals surface area contributed by atoms with Crippen LogP contribution in [0.3, 0.4) is 0 Å². The second kappa shape index (κ2) is 4.55. The van der Waals surface area contributed by atoms with E-state index in [2.05, 4.69) is 15.9 Å². The molecule has 4 nitrogen and oxygen atoms in total. The van der Waals surface area contributed by atoms with Crippen LogP contribution in [0, 0.1) is 5.92 Å². The standard InChI is InChI=1S/C10H10BrNO3S/c11-8-2-1-7(16-8)9(13)12-4-3-6(5-12)10(14)15/h1-2,6H,3-5H2,(H,14,15). The summed E-state index contributed by atoms with van der Waals surface area (Å²) >= 11 is 4.67. The van der Waals surface area contributed by atoms with Gasteiger partial charge < -0.3 is 10.0 Å². The molecular weight excluding hydrogens is 294 g/mol. The number of hydrogen-bond donors (Lipinski definition) is 1. The molecule has 2 heterocycles. The molecule has 1 aliphatic rings. The first-order chi connectivity index (χ1) is 7.58. The van der Waals surface area contributed by atoms with Gasteiger partial charge in [0.2, 0.25) is 0 Å². The number of nitrogens with zero attached hydrogens (tertiary/aromatic N) is 1. The lowest BCUT2D eigenvalue weighted by atomic mass is 10.1. The fourth-order valence-corrected chi connectivity index (χ4v) is 3.09. The third kappa shape index (κ3) is 2.27. The fraction of sp³-hybridized carbons (Fsp3) is 0.400. The van der Waals surface area contributed by atoms with Crippen LogP contribution in [0.5, 0.6) is 0 Å². The Morgan fingerprint density at radius 3 is 2.75 bits per heavy atom. The van der Waals surface area contributed by atoms with Crippen LogP contribution in [0.25, 0.3) is 0 Å². The van der Waals surface area contributed by atoms with Gasteiger partial charge in [-0.25, -0.2) is 0 Å². The molecule has 2 rings (SSSR count). The molecular formula is C10H10BrNO3S. The number of carboxylic acid groups (broad SMARTS) is 1. The normalized spacial score (nSPS) is 20.1. The van der Waals surface area contributed by atoms with Crippen molar-refractivity contribution in [1.82, 2.24) is 4.90 Å². The first-order valence-corrected chi connectivity index (χ1v) is 6.46. The number of hydrogen-bond acceptors (Lipinski definition) is 3. The molecule has 0 aromatic carbocycles. The van der Waals surface area contributed by atoms with Gasteiger partial charge in [-0.05, 0) is 34.5 Å². The van der Waals surface area contributed by atoms with E-state index in [1.165, 1.54) is 11.3 Å². The first-order valence-electron chi connectivity index (χ1n) is 4.85. The average molecular weight is 304 g/mol. The Kier molecular flexibility index (Phi) is 3.30. The highest BCUT2D eigenvalue weighted by molar-refractivity contribution is 9.11. The summed E-state index contributed by atoms with van der Waals surface area (Å²) in [7, 11) is 0. The van der Waals surface area contributed by atoms with Gasteiger partial charge in [0.15, 0.2) is 0 Å². The molecule has 1 atom stereocenters. The number of halogens is 1. The number of carbonyl (C=O) groups excluding carboxylic acids is 1. The highest BCUT2D eigenvalue weighted by Crippen LogP contribution is 2.25. The molecule has 0 radical (unpaired) electrons. The molecule has 0 bridgehead atoms. The number of rotatable bonds is 2. The van der Waals surface area contributed by atoms with E-state index in [1.54, 1.807) is 11.0 Å². The summed E-state index contributed by atoms with van der Waals surface area (Å²) in [5.74, 6) is -1.30. The lowest BCUT2D eigenvalue weighted by Gasteiger charge is -2.14. The van der Waals surface area contributed by atoms with Crippen molar-refractivity contribution in [3.8, 4) is 0 Å². The van der Waals surface area contributed by atoms with Gasteiger partial charge in [-0.1, -0.05) is 0 Å². The molecule has 16 heavy (non-hydrogen) atoms. The summed E-state index contributed by atoms with van der Waals surface area (Å²) in [4.78, 5) is 25.0. The largest absolute Gasteiger partial charge is 0.481 e. The van der Waals surface area contributed by atoms with Gasteiger partial charge in [0.25, 0.3) is 5.91 Å². The van der Waals surface area contributed by atoms with Crippen LogP contribution in [-0.2, 0) is 4.79 Å². The van der Waals surface area contributed by atoms with Gasteiger partial charge >= 0.3 is 5.97 Å². The fourth-order valence-electron chi connectivity index (χ4n) is 1.73. The molecule has 0 saturated carbocycles. The number of aliphatic carboxylic acids is 1. The maximum absolute atomic E-state index is 12.0. The number of carboxylic acids is 1. The molecule has 1 aromatic rings. The van der Waals surface area contributed by atoms with Gasteiger partial charge in [0, 0.05) is 13.1 Å². The van der Waals surface area contributed by atoms with Crippen LogP contribution in [0.15, 0.2) is 15.9 Å². The lowest BCUT2D eigenvalue weighted by molar-refractivity contribution is -0.141. The highest BCUT2D eigenvalue weighted by Gasteiger charge is 2.31. The summed E-state index contributed by atoms with van der Waals surface area (Å²) in [6.07, 6.45) is 0.549. The molecule has 1 aromatic heterocycles. The maximum atomic E-state index is 12.0. The Hall–Kier alpha value is -0.880. The highest BCUT2D eigenvalue weighted by atomic mass is 79.9. The van der Waals surface area contributed by atoms with Crippen molar-refractivity contribution < 1.29 is 14.7 Å². The quantitative estimate of drug-likeness (QED) is 0.910. The lowest BCUT2D eigenvalue weighted by Crippen LogP contribution is -2.29. The second-order valence-corrected chi connectivity index (χ2v) is 6.14. The van der Waals surface area contributed by atoms with E-state index >= 15 is 0 Å². The minimum absolute atomic E-state index is 0.0700. The van der Waals surface area contributed by atoms with Crippen molar-refractivity contribution in [3.05, 3.63) is 20.8 Å². The molecule has 6 heteroatoms. The zero-order chi connectivity index (χ0) is 11.7. The molecule has 1 amide bonds. The van der Waals surface area contributed by atoms with Crippen LogP contribution >= 0.6 is 27.3 Å². The summed E-state index contributed by atoms with van der Waals surface area (Å²) in [6, 6.07) is 3.58. The zero-order valence-corrected chi connectivity index (χ0v) is 10.8. The average Bonchev–Trinajstić information content (AvgIpc) is 2.84. The van der Waals surface area contributed by atoms with Gasteiger partial charge in [-0.3, -0.25) is 9.59 Å². The Morgan fingerprint density at radius 1 is 1.50 bits per heavy atom. The number of carbonyl (C=O) groups is 2. The number of amides is 1. The van der Waals surface area contributed by atoms with Crippen LogP contribution in [0.1, 0.15) is 16.1 Å². The summed E-state index contributed by atoms with van der Waals surface area (Å²) < 4.78 is 0.907. The molecule has 1 saturated heterocycles. The van der Waals surface area contributed by atoms with Crippen molar-refractivity contribution >= 4 is 39.1 Å². The van der Waals surface area contributed by atoms with E-state index in [0.717, 1.165) is 3.79 Å². The van der Waals surface area contributed by atoms with E-state index in [9.17, 15) is 9.59 Å². The van der Waals surface area contributed by atoms with Crippen molar-refractivity contribution in [3.63, 3.8) is 0 Å². The van der Waals surface area contributed by atoms with Crippen LogP contribution in [0.2, 0.25) is 0 Å². The molecule has 1 N–H and O–H groups in total. The minimum atomic E-state index is -0.817. The third-order valence-electron chi connectivity index (χ3n) is 2.61. The van der Waals surface area contributed by atoms with E-state index in [-0.39, 0.29) is 5.91 Å². The van der Waals surface area contributed by atoms with Crippen LogP contribution in [0.4, 0.5) is 0 Å². The molecule has 86 valence electrons. The maximum Gasteiger partial charge on any atom is 0.308 e. The van der Waals surface area contributed by atoms with Gasteiger partial charge in [0.1, 0.15) is 0 Å². The summed E-state index contributed by atoms with van der Waals surface area (Å²) in [5.41, 5.74) is 0. The Balaban J connectivity index is 2.05. The Morgan fingerprint density at radius 2 is 2.25 bits per heavy atom. The van der Waals surface area contributed by atoms with Crippen molar-refractivity contribution in [1.29, 1.82) is 0 Å². The first kappa shape index (κ1) is 11.6. The Bertz CT molecular complexity index is 431. The molecule has 0 aliphatic carbocycles. The molecule has 1 unspecified atom stereocenters. The summed E-state index contributed by atoms with van der Waals surface area (Å²) in [5, 5.41) is 8.84. The Labute approximate surface area is 105 Å². The van der Waals surface area contributed by atoms with Crippen molar-refractivity contribution in [2.75, 3.05) is 13.1 Å². The monoisotopic (exact) mass is 303 g/mol. The SMILES string of the molecule is O=C(O)C1CCN(C(=O)c2ccc(Br)s2)C1. The predicted molar refractivity (Wildman–Crippen MR) is 63.7 cm³/mol. The van der Waals surface area contributed by atoms with E-state index in [4.69, 9.17) is 5.11 Å². The molecule has 0 spiro atoms.